The van der Waals surface area contributed by atoms with Crippen molar-refractivity contribution in [2.75, 3.05) is 0 Å². The first-order chi connectivity index (χ1) is 11.5. The second kappa shape index (κ2) is 6.41. The van der Waals surface area contributed by atoms with Crippen molar-refractivity contribution in [1.29, 1.82) is 0 Å². The highest BCUT2D eigenvalue weighted by molar-refractivity contribution is 5.93. The molecular weight excluding hydrogens is 314 g/mol. The minimum atomic E-state index is -1.35. The molecule has 1 atom stereocenters. The molecule has 1 heterocycles. The molecule has 0 radical (unpaired) electrons. The summed E-state index contributed by atoms with van der Waals surface area (Å²) in [5.41, 5.74) is 0.562. The lowest BCUT2D eigenvalue weighted by atomic mass is 10.1. The Morgan fingerprint density at radius 2 is 1.96 bits per heavy atom. The van der Waals surface area contributed by atoms with Crippen molar-refractivity contribution in [1.82, 2.24) is 0 Å². The average Bonchev–Trinajstić information content (AvgIpc) is 3.03. The average molecular weight is 327 g/mol. The van der Waals surface area contributed by atoms with Crippen LogP contribution in [0.4, 0.5) is 5.69 Å². The molecule has 3 rings (SSSR count). The van der Waals surface area contributed by atoms with Gasteiger partial charge in [-0.3, -0.25) is 10.1 Å². The molecule has 7 nitrogen and oxygen atoms in total. The van der Waals surface area contributed by atoms with E-state index >= 15 is 0 Å². The number of ether oxygens (including phenoxy) is 2. The van der Waals surface area contributed by atoms with Gasteiger partial charge in [-0.15, -0.1) is 0 Å². The van der Waals surface area contributed by atoms with E-state index in [1.165, 1.54) is 24.5 Å². The van der Waals surface area contributed by atoms with E-state index in [-0.39, 0.29) is 5.56 Å². The minimum Gasteiger partial charge on any atom is -0.477 e. The Balaban J connectivity index is 1.77. The van der Waals surface area contributed by atoms with Gasteiger partial charge in [0.1, 0.15) is 11.8 Å². The highest BCUT2D eigenvalue weighted by atomic mass is 16.7. The zero-order chi connectivity index (χ0) is 17.1. The Kier molecular flexibility index (Phi) is 4.15. The van der Waals surface area contributed by atoms with E-state index in [1.54, 1.807) is 0 Å². The maximum absolute atomic E-state index is 11.0. The molecule has 1 unspecified atom stereocenters. The number of carbonyl (C=O) groups is 1. The fourth-order valence-corrected chi connectivity index (χ4v) is 2.38. The third-order valence-electron chi connectivity index (χ3n) is 3.54. The lowest BCUT2D eigenvalue weighted by Gasteiger charge is -2.12. The van der Waals surface area contributed by atoms with E-state index in [0.29, 0.717) is 17.7 Å². The molecule has 2 aromatic rings. The Bertz CT molecular complexity index is 815. The first kappa shape index (κ1) is 15.5. The van der Waals surface area contributed by atoms with Crippen LogP contribution < -0.4 is 0 Å². The third kappa shape index (κ3) is 3.19. The molecule has 0 fully saturated rings. The lowest BCUT2D eigenvalue weighted by Crippen LogP contribution is -2.12. The summed E-state index contributed by atoms with van der Waals surface area (Å²) in [6, 6.07) is 13.4. The van der Waals surface area contributed by atoms with Crippen LogP contribution in [0.25, 0.3) is 5.76 Å². The molecule has 1 aliphatic rings. The number of carboxylic acid groups (broad SMARTS) is 1. The van der Waals surface area contributed by atoms with Crippen LogP contribution in [0, 0.1) is 10.1 Å². The molecule has 7 heteroatoms. The van der Waals surface area contributed by atoms with Gasteiger partial charge in [0.2, 0.25) is 6.29 Å². The van der Waals surface area contributed by atoms with Gasteiger partial charge in [0.15, 0.2) is 5.76 Å². The molecule has 0 amide bonds. The molecule has 0 aliphatic carbocycles. The van der Waals surface area contributed by atoms with Crippen molar-refractivity contribution in [2.24, 2.45) is 0 Å². The number of nitro groups is 1. The fraction of sp³-hybridized carbons (Fsp3) is 0.118. The molecule has 1 N–H and O–H groups in total. The van der Waals surface area contributed by atoms with Gasteiger partial charge in [0.25, 0.3) is 5.69 Å². The summed E-state index contributed by atoms with van der Waals surface area (Å²) in [7, 11) is 0. The van der Waals surface area contributed by atoms with Gasteiger partial charge in [-0.1, -0.05) is 30.3 Å². The largest absolute Gasteiger partial charge is 0.477 e. The van der Waals surface area contributed by atoms with Gasteiger partial charge in [-0.25, -0.2) is 4.79 Å². The van der Waals surface area contributed by atoms with Crippen molar-refractivity contribution >= 4 is 17.4 Å². The number of nitrogens with zero attached hydrogens (tertiary/aromatic N) is 1. The normalized spacial score (nSPS) is 16.0. The van der Waals surface area contributed by atoms with Crippen molar-refractivity contribution in [2.45, 2.75) is 12.7 Å². The van der Waals surface area contributed by atoms with Gasteiger partial charge in [-0.05, 0) is 17.7 Å². The summed E-state index contributed by atoms with van der Waals surface area (Å²) in [4.78, 5) is 21.4. The predicted molar refractivity (Wildman–Crippen MR) is 84.1 cm³/mol. The quantitative estimate of drug-likeness (QED) is 0.669. The van der Waals surface area contributed by atoms with Crippen molar-refractivity contribution in [3.8, 4) is 0 Å². The molecule has 1 aliphatic heterocycles. The van der Waals surface area contributed by atoms with Crippen LogP contribution in [0.1, 0.15) is 21.5 Å². The van der Waals surface area contributed by atoms with E-state index in [0.717, 1.165) is 5.56 Å². The number of hydrogen-bond acceptors (Lipinski definition) is 5. The number of carboxylic acids is 1. The molecular formula is C17H13NO6. The predicted octanol–water partition coefficient (Wildman–Crippen LogP) is 3.21. The van der Waals surface area contributed by atoms with Gasteiger partial charge in [0, 0.05) is 18.1 Å². The lowest BCUT2D eigenvalue weighted by molar-refractivity contribution is -0.385. The van der Waals surface area contributed by atoms with Crippen molar-refractivity contribution < 1.29 is 24.3 Å². The second-order valence-electron chi connectivity index (χ2n) is 5.15. The second-order valence-corrected chi connectivity index (χ2v) is 5.15. The summed E-state index contributed by atoms with van der Waals surface area (Å²) in [5.74, 6) is -1.02. The molecule has 0 spiro atoms. The van der Waals surface area contributed by atoms with E-state index in [4.69, 9.17) is 14.6 Å². The zero-order valence-corrected chi connectivity index (χ0v) is 12.4. The van der Waals surface area contributed by atoms with Gasteiger partial charge in [0.05, 0.1) is 4.92 Å². The zero-order valence-electron chi connectivity index (χ0n) is 12.4. The highest BCUT2D eigenvalue weighted by Crippen LogP contribution is 2.30. The highest BCUT2D eigenvalue weighted by Gasteiger charge is 2.25. The van der Waals surface area contributed by atoms with Crippen LogP contribution in [0.2, 0.25) is 0 Å². The number of nitro benzene ring substituents is 1. The Labute approximate surface area is 136 Å². The maximum atomic E-state index is 11.0. The van der Waals surface area contributed by atoms with E-state index < -0.39 is 22.9 Å². The van der Waals surface area contributed by atoms with Crippen LogP contribution in [-0.2, 0) is 15.9 Å². The van der Waals surface area contributed by atoms with Crippen LogP contribution in [0.3, 0.4) is 0 Å². The number of rotatable bonds is 5. The SMILES string of the molecule is O=C(O)c1ccc(C2=COC(Cc3ccccc3)O2)cc1[N+](=O)[O-]. The van der Waals surface area contributed by atoms with Crippen molar-refractivity contribution in [3.05, 3.63) is 81.6 Å². The van der Waals surface area contributed by atoms with E-state index in [2.05, 4.69) is 0 Å². The number of hydrogen-bond donors (Lipinski definition) is 1. The molecule has 0 saturated carbocycles. The van der Waals surface area contributed by atoms with E-state index in [9.17, 15) is 14.9 Å². The molecule has 0 bridgehead atoms. The van der Waals surface area contributed by atoms with Gasteiger partial charge in [-0.2, -0.15) is 0 Å². The smallest absolute Gasteiger partial charge is 0.342 e. The molecule has 0 aromatic heterocycles. The summed E-state index contributed by atoms with van der Waals surface area (Å²) >= 11 is 0. The summed E-state index contributed by atoms with van der Waals surface area (Å²) in [6.07, 6.45) is 1.38. The van der Waals surface area contributed by atoms with Crippen LogP contribution in [0.15, 0.2) is 54.8 Å². The van der Waals surface area contributed by atoms with Crippen LogP contribution >= 0.6 is 0 Å². The molecule has 0 saturated heterocycles. The summed E-state index contributed by atoms with van der Waals surface area (Å²) in [5, 5.41) is 20.1. The topological polar surface area (TPSA) is 98.9 Å². The Hall–Kier alpha value is -3.35. The van der Waals surface area contributed by atoms with Crippen LogP contribution in [0.5, 0.6) is 0 Å². The van der Waals surface area contributed by atoms with E-state index in [1.807, 2.05) is 30.3 Å². The monoisotopic (exact) mass is 327 g/mol. The van der Waals surface area contributed by atoms with Crippen molar-refractivity contribution in [3.63, 3.8) is 0 Å². The number of aromatic carboxylic acids is 1. The minimum absolute atomic E-state index is 0.330. The fourth-order valence-electron chi connectivity index (χ4n) is 2.38. The first-order valence-electron chi connectivity index (χ1n) is 7.13. The number of benzene rings is 2. The molecule has 122 valence electrons. The molecule has 24 heavy (non-hydrogen) atoms. The summed E-state index contributed by atoms with van der Waals surface area (Å²) in [6.45, 7) is 0. The summed E-state index contributed by atoms with van der Waals surface area (Å²) < 4.78 is 11.1. The van der Waals surface area contributed by atoms with Gasteiger partial charge >= 0.3 is 5.97 Å². The van der Waals surface area contributed by atoms with Gasteiger partial charge < -0.3 is 14.6 Å². The Morgan fingerprint density at radius 1 is 1.21 bits per heavy atom. The third-order valence-corrected chi connectivity index (χ3v) is 3.54. The molecule has 2 aromatic carbocycles. The van der Waals surface area contributed by atoms with Crippen LogP contribution in [-0.4, -0.2) is 22.3 Å². The first-order valence-corrected chi connectivity index (χ1v) is 7.13. The Morgan fingerprint density at radius 3 is 2.62 bits per heavy atom. The standard InChI is InChI=1S/C17H13NO6/c19-17(20)13-7-6-12(9-14(13)18(21)22)15-10-23-16(24-15)8-11-4-2-1-3-5-11/h1-7,9-10,16H,8H2,(H,19,20). The maximum Gasteiger partial charge on any atom is 0.342 e.